The van der Waals surface area contributed by atoms with Gasteiger partial charge in [0.1, 0.15) is 0 Å². The van der Waals surface area contributed by atoms with Gasteiger partial charge in [-0.15, -0.1) is 0 Å². The molecule has 2 amide bonds. The van der Waals surface area contributed by atoms with Crippen molar-refractivity contribution >= 4 is 33.6 Å². The molecule has 6 heteroatoms. The Kier molecular flexibility index (Phi) is 6.01. The summed E-state index contributed by atoms with van der Waals surface area (Å²) in [4.78, 5) is 24.9. The fourth-order valence-electron chi connectivity index (χ4n) is 1.86. The fourth-order valence-corrected chi connectivity index (χ4v) is 2.35. The molecule has 0 heterocycles. The molecule has 1 aromatic carbocycles. The number of anilines is 1. The molecule has 0 bridgehead atoms. The molecule has 0 spiro atoms. The Morgan fingerprint density at radius 1 is 1.35 bits per heavy atom. The van der Waals surface area contributed by atoms with Gasteiger partial charge in [0.05, 0.1) is 5.56 Å². The highest BCUT2D eigenvalue weighted by atomic mass is 79.9. The standard InChI is InChI=1S/C14H19BrN2O3/c1-4-9(3)17(5-2)14(20)16-12-7-10(13(18)19)6-11(15)8-12/h6-9H,4-5H2,1-3H3,(H,16,20)(H,18,19). The second-order valence-electron chi connectivity index (χ2n) is 4.51. The second-order valence-corrected chi connectivity index (χ2v) is 5.42. The van der Waals surface area contributed by atoms with Gasteiger partial charge in [0.25, 0.3) is 0 Å². The van der Waals surface area contributed by atoms with Crippen LogP contribution < -0.4 is 5.32 Å². The van der Waals surface area contributed by atoms with Crippen LogP contribution in [-0.2, 0) is 0 Å². The number of hydrogen-bond donors (Lipinski definition) is 2. The van der Waals surface area contributed by atoms with Gasteiger partial charge < -0.3 is 15.3 Å². The van der Waals surface area contributed by atoms with Crippen LogP contribution >= 0.6 is 15.9 Å². The van der Waals surface area contributed by atoms with Gasteiger partial charge in [0, 0.05) is 22.7 Å². The number of aromatic carboxylic acids is 1. The number of carboxylic acid groups (broad SMARTS) is 1. The lowest BCUT2D eigenvalue weighted by molar-refractivity contribution is 0.0696. The smallest absolute Gasteiger partial charge is 0.335 e. The molecule has 0 fully saturated rings. The molecule has 1 atom stereocenters. The average molecular weight is 343 g/mol. The largest absolute Gasteiger partial charge is 0.478 e. The molecule has 0 saturated carbocycles. The van der Waals surface area contributed by atoms with Gasteiger partial charge in [0.2, 0.25) is 0 Å². The van der Waals surface area contributed by atoms with Gasteiger partial charge in [-0.2, -0.15) is 0 Å². The predicted molar refractivity (Wildman–Crippen MR) is 82.3 cm³/mol. The number of carbonyl (C=O) groups is 2. The molecule has 2 N–H and O–H groups in total. The first-order valence-corrected chi connectivity index (χ1v) is 7.29. The number of benzene rings is 1. The number of amides is 2. The Balaban J connectivity index is 2.92. The summed E-state index contributed by atoms with van der Waals surface area (Å²) in [6, 6.07) is 4.51. The van der Waals surface area contributed by atoms with Crippen LogP contribution in [0.5, 0.6) is 0 Å². The number of nitrogens with one attached hydrogen (secondary N) is 1. The number of carbonyl (C=O) groups excluding carboxylic acids is 1. The lowest BCUT2D eigenvalue weighted by Gasteiger charge is -2.27. The third-order valence-corrected chi connectivity index (χ3v) is 3.58. The van der Waals surface area contributed by atoms with E-state index in [1.807, 2.05) is 20.8 Å². The van der Waals surface area contributed by atoms with Crippen LogP contribution in [-0.4, -0.2) is 34.6 Å². The van der Waals surface area contributed by atoms with E-state index in [9.17, 15) is 9.59 Å². The predicted octanol–water partition coefficient (Wildman–Crippen LogP) is 3.80. The highest BCUT2D eigenvalue weighted by Crippen LogP contribution is 2.20. The number of halogens is 1. The van der Waals surface area contributed by atoms with E-state index in [2.05, 4.69) is 21.2 Å². The molecule has 1 aromatic rings. The van der Waals surface area contributed by atoms with E-state index in [4.69, 9.17) is 5.11 Å². The Labute approximate surface area is 127 Å². The third-order valence-electron chi connectivity index (χ3n) is 3.12. The van der Waals surface area contributed by atoms with Crippen molar-refractivity contribution in [2.75, 3.05) is 11.9 Å². The van der Waals surface area contributed by atoms with Gasteiger partial charge >= 0.3 is 12.0 Å². The summed E-state index contributed by atoms with van der Waals surface area (Å²) in [7, 11) is 0. The maximum Gasteiger partial charge on any atom is 0.335 e. The molecule has 0 aliphatic rings. The first-order valence-electron chi connectivity index (χ1n) is 6.50. The Morgan fingerprint density at radius 2 is 2.00 bits per heavy atom. The molecule has 0 radical (unpaired) electrons. The number of hydrogen-bond acceptors (Lipinski definition) is 2. The summed E-state index contributed by atoms with van der Waals surface area (Å²) in [5, 5.41) is 11.7. The molecule has 0 aliphatic heterocycles. The van der Waals surface area contributed by atoms with E-state index in [-0.39, 0.29) is 17.6 Å². The summed E-state index contributed by atoms with van der Waals surface area (Å²) in [6.45, 7) is 6.50. The van der Waals surface area contributed by atoms with Crippen molar-refractivity contribution in [1.82, 2.24) is 4.90 Å². The van der Waals surface area contributed by atoms with E-state index >= 15 is 0 Å². The van der Waals surface area contributed by atoms with E-state index in [0.717, 1.165) is 6.42 Å². The monoisotopic (exact) mass is 342 g/mol. The zero-order valence-corrected chi connectivity index (χ0v) is 13.4. The highest BCUT2D eigenvalue weighted by Gasteiger charge is 2.17. The summed E-state index contributed by atoms with van der Waals surface area (Å²) < 4.78 is 0.610. The molecule has 0 saturated heterocycles. The van der Waals surface area contributed by atoms with Crippen molar-refractivity contribution in [3.8, 4) is 0 Å². The summed E-state index contributed by atoms with van der Waals surface area (Å²) in [5.74, 6) is -1.03. The van der Waals surface area contributed by atoms with Crippen LogP contribution in [0.4, 0.5) is 10.5 Å². The lowest BCUT2D eigenvalue weighted by Crippen LogP contribution is -2.41. The van der Waals surface area contributed by atoms with Crippen LogP contribution in [0, 0.1) is 0 Å². The van der Waals surface area contributed by atoms with Crippen LogP contribution in [0.15, 0.2) is 22.7 Å². The lowest BCUT2D eigenvalue weighted by atomic mass is 10.2. The summed E-state index contributed by atoms with van der Waals surface area (Å²) in [6.07, 6.45) is 0.861. The first kappa shape index (κ1) is 16.5. The van der Waals surface area contributed by atoms with E-state index in [1.54, 1.807) is 11.0 Å². The van der Waals surface area contributed by atoms with Gasteiger partial charge in [-0.3, -0.25) is 0 Å². The number of urea groups is 1. The SMILES string of the molecule is CCC(C)N(CC)C(=O)Nc1cc(Br)cc(C(=O)O)c1. The second kappa shape index (κ2) is 7.28. The number of rotatable bonds is 5. The van der Waals surface area contributed by atoms with Crippen molar-refractivity contribution < 1.29 is 14.7 Å². The number of carboxylic acids is 1. The van der Waals surface area contributed by atoms with Crippen molar-refractivity contribution in [3.63, 3.8) is 0 Å². The normalized spacial score (nSPS) is 11.8. The molecule has 0 aromatic heterocycles. The fraction of sp³-hybridized carbons (Fsp3) is 0.429. The van der Waals surface area contributed by atoms with Crippen molar-refractivity contribution in [3.05, 3.63) is 28.2 Å². The van der Waals surface area contributed by atoms with Gasteiger partial charge in [0.15, 0.2) is 0 Å². The molecular formula is C14H19BrN2O3. The van der Waals surface area contributed by atoms with E-state index < -0.39 is 5.97 Å². The van der Waals surface area contributed by atoms with E-state index in [1.165, 1.54) is 12.1 Å². The topological polar surface area (TPSA) is 69.6 Å². The van der Waals surface area contributed by atoms with E-state index in [0.29, 0.717) is 16.7 Å². The minimum Gasteiger partial charge on any atom is -0.478 e. The van der Waals surface area contributed by atoms with Crippen LogP contribution in [0.25, 0.3) is 0 Å². The molecule has 1 unspecified atom stereocenters. The molecule has 110 valence electrons. The van der Waals surface area contributed by atoms with Gasteiger partial charge in [-0.25, -0.2) is 9.59 Å². The van der Waals surface area contributed by atoms with Crippen LogP contribution in [0.1, 0.15) is 37.6 Å². The molecule has 20 heavy (non-hydrogen) atoms. The molecule has 5 nitrogen and oxygen atoms in total. The zero-order chi connectivity index (χ0) is 15.3. The molecular weight excluding hydrogens is 324 g/mol. The van der Waals surface area contributed by atoms with Crippen LogP contribution in [0.3, 0.4) is 0 Å². The molecule has 0 aliphatic carbocycles. The maximum absolute atomic E-state index is 12.2. The van der Waals surface area contributed by atoms with Crippen molar-refractivity contribution in [1.29, 1.82) is 0 Å². The highest BCUT2D eigenvalue weighted by molar-refractivity contribution is 9.10. The third kappa shape index (κ3) is 4.23. The average Bonchev–Trinajstić information content (AvgIpc) is 2.38. The van der Waals surface area contributed by atoms with Gasteiger partial charge in [-0.05, 0) is 38.5 Å². The molecule has 1 rings (SSSR count). The minimum absolute atomic E-state index is 0.126. The zero-order valence-electron chi connectivity index (χ0n) is 11.8. The number of nitrogens with zero attached hydrogens (tertiary/aromatic N) is 1. The summed E-state index contributed by atoms with van der Waals surface area (Å²) in [5.41, 5.74) is 0.588. The minimum atomic E-state index is -1.03. The Bertz CT molecular complexity index is 505. The summed E-state index contributed by atoms with van der Waals surface area (Å²) >= 11 is 3.24. The van der Waals surface area contributed by atoms with Crippen molar-refractivity contribution in [2.45, 2.75) is 33.2 Å². The Morgan fingerprint density at radius 3 is 2.50 bits per heavy atom. The Hall–Kier alpha value is -1.56. The van der Waals surface area contributed by atoms with Crippen LogP contribution in [0.2, 0.25) is 0 Å². The maximum atomic E-state index is 12.2. The van der Waals surface area contributed by atoms with Crippen molar-refractivity contribution in [2.24, 2.45) is 0 Å². The first-order chi connectivity index (χ1) is 9.38. The quantitative estimate of drug-likeness (QED) is 0.854. The van der Waals surface area contributed by atoms with Gasteiger partial charge in [-0.1, -0.05) is 22.9 Å².